The summed E-state index contributed by atoms with van der Waals surface area (Å²) in [5.74, 6) is 1.99. The number of imidazole rings is 1. The quantitative estimate of drug-likeness (QED) is 0.520. The number of aromatic nitrogens is 2. The minimum atomic E-state index is -0.232. The lowest BCUT2D eigenvalue weighted by molar-refractivity contribution is -0.00320. The Morgan fingerprint density at radius 1 is 1.31 bits per heavy atom. The molecule has 1 fully saturated rings. The van der Waals surface area contributed by atoms with Crippen molar-refractivity contribution in [2.75, 3.05) is 21.3 Å². The van der Waals surface area contributed by atoms with Crippen LogP contribution in [0.4, 0.5) is 0 Å². The molecular weight excluding hydrogens is 374 g/mol. The number of rotatable bonds is 5. The van der Waals surface area contributed by atoms with E-state index in [-0.39, 0.29) is 18.4 Å². The van der Waals surface area contributed by atoms with E-state index >= 15 is 0 Å². The van der Waals surface area contributed by atoms with Crippen molar-refractivity contribution in [3.63, 3.8) is 0 Å². The topological polar surface area (TPSA) is 98.4 Å². The minimum absolute atomic E-state index is 0.0955. The molecule has 29 heavy (non-hydrogen) atoms. The van der Waals surface area contributed by atoms with E-state index in [0.29, 0.717) is 18.1 Å². The van der Waals surface area contributed by atoms with Crippen molar-refractivity contribution in [1.29, 1.82) is 0 Å². The Morgan fingerprint density at radius 2 is 2.14 bits per heavy atom. The second-order valence-corrected chi connectivity index (χ2v) is 7.18. The van der Waals surface area contributed by atoms with Crippen molar-refractivity contribution in [3.8, 4) is 0 Å². The normalized spacial score (nSPS) is 26.3. The van der Waals surface area contributed by atoms with Gasteiger partial charge in [-0.15, -0.1) is 0 Å². The largest absolute Gasteiger partial charge is 0.501 e. The van der Waals surface area contributed by atoms with Crippen LogP contribution in [0.2, 0.25) is 0 Å². The van der Waals surface area contributed by atoms with Crippen LogP contribution in [-0.2, 0) is 14.2 Å². The average molecular weight is 397 g/mol. The van der Waals surface area contributed by atoms with Gasteiger partial charge in [-0.05, 0) is 18.2 Å². The number of hydrogen-bond acceptors (Lipinski definition) is 8. The van der Waals surface area contributed by atoms with E-state index < -0.39 is 0 Å². The lowest BCUT2D eigenvalue weighted by Gasteiger charge is -2.40. The molecule has 1 aliphatic carbocycles. The van der Waals surface area contributed by atoms with Gasteiger partial charge in [0.05, 0.1) is 35.5 Å². The van der Waals surface area contributed by atoms with E-state index in [1.54, 1.807) is 14.2 Å². The smallest absolute Gasteiger partial charge is 0.180 e. The Morgan fingerprint density at radius 3 is 2.86 bits per heavy atom. The third-order valence-corrected chi connectivity index (χ3v) is 5.54. The van der Waals surface area contributed by atoms with Gasteiger partial charge in [0.1, 0.15) is 17.7 Å². The summed E-state index contributed by atoms with van der Waals surface area (Å²) in [6.45, 7) is 0. The van der Waals surface area contributed by atoms with Crippen molar-refractivity contribution in [1.82, 2.24) is 25.5 Å². The first-order valence-corrected chi connectivity index (χ1v) is 9.41. The number of para-hydroxylation sites is 2. The van der Waals surface area contributed by atoms with Crippen LogP contribution in [0, 0.1) is 0 Å². The molecule has 2 aromatic rings. The first kappa shape index (κ1) is 18.0. The highest BCUT2D eigenvalue weighted by atomic mass is 16.6. The van der Waals surface area contributed by atoms with Crippen LogP contribution < -0.4 is 5.48 Å². The highest BCUT2D eigenvalue weighted by Gasteiger charge is 2.55. The fourth-order valence-electron chi connectivity index (χ4n) is 4.02. The van der Waals surface area contributed by atoms with Crippen LogP contribution in [0.25, 0.3) is 16.6 Å². The molecule has 3 atom stereocenters. The second-order valence-electron chi connectivity index (χ2n) is 7.18. The molecule has 9 nitrogen and oxygen atoms in total. The Bertz CT molecular complexity index is 1010. The van der Waals surface area contributed by atoms with E-state index in [9.17, 15) is 5.21 Å². The molecule has 0 amide bonds. The molecule has 9 heteroatoms. The van der Waals surface area contributed by atoms with Crippen LogP contribution in [0.5, 0.6) is 0 Å². The number of methoxy groups -OCH3 is 2. The summed E-state index contributed by atoms with van der Waals surface area (Å²) in [5.41, 5.74) is 5.79. The van der Waals surface area contributed by atoms with Gasteiger partial charge in [-0.2, -0.15) is 0 Å². The van der Waals surface area contributed by atoms with Crippen molar-refractivity contribution < 1.29 is 19.4 Å². The van der Waals surface area contributed by atoms with Gasteiger partial charge in [-0.25, -0.2) is 4.98 Å². The third kappa shape index (κ3) is 2.86. The molecule has 0 spiro atoms. The van der Waals surface area contributed by atoms with Crippen LogP contribution in [0.1, 0.15) is 12.2 Å². The number of aromatic amines is 1. The number of ether oxygens (including phenoxy) is 3. The fourth-order valence-corrected chi connectivity index (χ4v) is 4.02. The Labute approximate surface area is 167 Å². The maximum absolute atomic E-state index is 9.96. The second kappa shape index (κ2) is 6.80. The van der Waals surface area contributed by atoms with Crippen LogP contribution in [0.15, 0.2) is 53.7 Å². The fraction of sp³-hybridized carbons (Fsp3) is 0.350. The van der Waals surface area contributed by atoms with Gasteiger partial charge in [0, 0.05) is 26.7 Å². The predicted octanol–water partition coefficient (Wildman–Crippen LogP) is 1.93. The molecular formula is C20H23N5O4. The van der Waals surface area contributed by atoms with Gasteiger partial charge in [-0.3, -0.25) is 20.7 Å². The van der Waals surface area contributed by atoms with Gasteiger partial charge >= 0.3 is 0 Å². The number of hydrogen-bond donors (Lipinski definition) is 3. The standard InChI is InChI=1S/C20H23N5O4/c1-24-19(23-26)16(18-21-14-6-4-5-7-15(14)22-18)17-20(29-17)25(24)11-8-12(27-2)10-13(9-11)28-3/h4-9,12,17,20,23,26H,10H2,1-3H3,(H,21,22). The Hall–Kier alpha value is -3.01. The number of allylic oxidation sites excluding steroid dienone is 1. The van der Waals surface area contributed by atoms with Crippen molar-refractivity contribution in [2.24, 2.45) is 0 Å². The number of epoxide rings is 1. The first-order chi connectivity index (χ1) is 14.1. The zero-order valence-corrected chi connectivity index (χ0v) is 16.4. The zero-order valence-electron chi connectivity index (χ0n) is 16.4. The van der Waals surface area contributed by atoms with E-state index in [1.807, 2.05) is 53.5 Å². The monoisotopic (exact) mass is 397 g/mol. The highest BCUT2D eigenvalue weighted by Crippen LogP contribution is 2.46. The summed E-state index contributed by atoms with van der Waals surface area (Å²) in [7, 11) is 5.18. The lowest BCUT2D eigenvalue weighted by atomic mass is 10.1. The molecule has 0 saturated carbocycles. The van der Waals surface area contributed by atoms with E-state index in [2.05, 4.69) is 15.4 Å². The number of hydroxylamine groups is 1. The van der Waals surface area contributed by atoms with Crippen molar-refractivity contribution in [2.45, 2.75) is 24.9 Å². The van der Waals surface area contributed by atoms with Crippen molar-refractivity contribution in [3.05, 3.63) is 59.5 Å². The molecule has 3 heterocycles. The van der Waals surface area contributed by atoms with Gasteiger partial charge in [0.25, 0.3) is 0 Å². The summed E-state index contributed by atoms with van der Waals surface area (Å²) in [4.78, 5) is 8.00. The Balaban J connectivity index is 1.56. The Kier molecular flexibility index (Phi) is 4.23. The molecule has 152 valence electrons. The maximum Gasteiger partial charge on any atom is 0.180 e. The number of nitrogens with zero attached hydrogens (tertiary/aromatic N) is 3. The van der Waals surface area contributed by atoms with Gasteiger partial charge < -0.3 is 19.2 Å². The van der Waals surface area contributed by atoms with E-state index in [4.69, 9.17) is 14.2 Å². The molecule has 0 radical (unpaired) electrons. The molecule has 2 aliphatic heterocycles. The third-order valence-electron chi connectivity index (χ3n) is 5.54. The first-order valence-electron chi connectivity index (χ1n) is 9.41. The van der Waals surface area contributed by atoms with Crippen LogP contribution in [-0.4, -0.2) is 64.9 Å². The summed E-state index contributed by atoms with van der Waals surface area (Å²) in [6, 6.07) is 7.81. The molecule has 1 saturated heterocycles. The van der Waals surface area contributed by atoms with Gasteiger partial charge in [0.2, 0.25) is 0 Å². The maximum atomic E-state index is 9.96. The number of hydrazine groups is 1. The summed E-state index contributed by atoms with van der Waals surface area (Å²) in [6.07, 6.45) is 4.13. The van der Waals surface area contributed by atoms with E-state index in [1.165, 1.54) is 0 Å². The molecule has 1 aromatic carbocycles. The van der Waals surface area contributed by atoms with Gasteiger partial charge in [-0.1, -0.05) is 12.1 Å². The van der Waals surface area contributed by atoms with Crippen molar-refractivity contribution >= 4 is 16.6 Å². The summed E-state index contributed by atoms with van der Waals surface area (Å²) in [5, 5.41) is 13.8. The zero-order chi connectivity index (χ0) is 20.1. The number of nitrogens with one attached hydrogen (secondary N) is 2. The summed E-state index contributed by atoms with van der Waals surface area (Å²) < 4.78 is 17.0. The number of H-pyrrole nitrogens is 1. The average Bonchev–Trinajstić information content (AvgIpc) is 3.40. The lowest BCUT2D eigenvalue weighted by Crippen LogP contribution is -2.48. The summed E-state index contributed by atoms with van der Waals surface area (Å²) >= 11 is 0. The molecule has 3 aliphatic rings. The molecule has 3 N–H and O–H groups in total. The number of benzene rings is 1. The molecule has 1 aromatic heterocycles. The molecule has 0 bridgehead atoms. The van der Waals surface area contributed by atoms with Crippen LogP contribution >= 0.6 is 0 Å². The highest BCUT2D eigenvalue weighted by molar-refractivity contribution is 5.81. The predicted molar refractivity (Wildman–Crippen MR) is 105 cm³/mol. The van der Waals surface area contributed by atoms with E-state index in [0.717, 1.165) is 28.1 Å². The minimum Gasteiger partial charge on any atom is -0.501 e. The van der Waals surface area contributed by atoms with Crippen LogP contribution in [0.3, 0.4) is 0 Å². The number of fused-ring (bicyclic) bond motifs is 2. The van der Waals surface area contributed by atoms with Gasteiger partial charge in [0.15, 0.2) is 12.0 Å². The molecule has 5 rings (SSSR count). The SMILES string of the molecule is COC1=CC(N2C3OC3C(c3nc4ccccc4[nH]3)=C(NO)N2C)=CC(OC)C1. The molecule has 3 unspecified atom stereocenters.